The number of alkyl halides is 2. The van der Waals surface area contributed by atoms with Crippen LogP contribution in [0.3, 0.4) is 0 Å². The molecule has 1 saturated carbocycles. The molecule has 5 nitrogen and oxygen atoms in total. The number of carbonyl (C=O) groups is 1. The maximum absolute atomic E-state index is 12.2. The van der Waals surface area contributed by atoms with E-state index >= 15 is 0 Å². The second-order valence-corrected chi connectivity index (χ2v) is 10.8. The maximum atomic E-state index is 12.2. The van der Waals surface area contributed by atoms with Crippen molar-refractivity contribution in [1.29, 1.82) is 0 Å². The van der Waals surface area contributed by atoms with Crippen LogP contribution in [0.25, 0.3) is 0 Å². The quantitative estimate of drug-likeness (QED) is 0.113. The Kier molecular flexibility index (Phi) is 4.57. The summed E-state index contributed by atoms with van der Waals surface area (Å²) < 4.78 is 18.0. The van der Waals surface area contributed by atoms with Crippen LogP contribution in [0, 0.1) is 5.92 Å². The van der Waals surface area contributed by atoms with E-state index in [2.05, 4.69) is 29.7 Å². The average Bonchev–Trinajstić information content (AvgIpc) is 3.27. The Hall–Kier alpha value is 0.810. The van der Waals surface area contributed by atoms with E-state index in [4.69, 9.17) is 9.47 Å². The van der Waals surface area contributed by atoms with Gasteiger partial charge in [0, 0.05) is 0 Å². The van der Waals surface area contributed by atoms with Gasteiger partial charge in [0.05, 0.1) is 0 Å². The molecule has 7 heteroatoms. The van der Waals surface area contributed by atoms with Crippen LogP contribution in [-0.2, 0) is 14.3 Å². The Morgan fingerprint density at radius 2 is 2.05 bits per heavy atom. The summed E-state index contributed by atoms with van der Waals surface area (Å²) in [6.07, 6.45) is 5.63. The molecule has 0 bridgehead atoms. The monoisotopic (exact) mass is 494 g/mol. The van der Waals surface area contributed by atoms with Crippen molar-refractivity contribution in [3.05, 3.63) is 0 Å². The van der Waals surface area contributed by atoms with Crippen LogP contribution in [0.15, 0.2) is 0 Å². The van der Waals surface area contributed by atoms with E-state index in [1.807, 2.05) is 6.92 Å². The molecular weight excluding hydrogens is 474 g/mol. The molecule has 0 amide bonds. The van der Waals surface area contributed by atoms with E-state index in [0.29, 0.717) is 12.5 Å². The first-order chi connectivity index (χ1) is 9.17. The molecule has 19 heavy (non-hydrogen) atoms. The number of nitrogens with one attached hydrogen (secondary N) is 2. The van der Waals surface area contributed by atoms with Gasteiger partial charge in [0.25, 0.3) is 0 Å². The van der Waals surface area contributed by atoms with E-state index in [0.717, 1.165) is 12.8 Å². The first-order valence-corrected chi connectivity index (χ1v) is 11.4. The van der Waals surface area contributed by atoms with Gasteiger partial charge >= 0.3 is 136 Å². The fourth-order valence-corrected chi connectivity index (χ4v) is 9.99. The standard InChI is InChI=1S/C12H20I2N2O3/c1-2-18-11(8-6-4-3-5-7-8)19-10(17)9(13)12-14(15-12)16-12/h8-9,11,15-16H,2-7H2,1H3. The summed E-state index contributed by atoms with van der Waals surface area (Å²) in [7, 11) is 0. The van der Waals surface area contributed by atoms with Gasteiger partial charge in [-0.3, -0.25) is 0 Å². The number of rotatable bonds is 6. The molecule has 0 aromatic heterocycles. The summed E-state index contributed by atoms with van der Waals surface area (Å²) in [5.41, 5.74) is 0. The van der Waals surface area contributed by atoms with Crippen LogP contribution in [-0.4, -0.2) is 26.5 Å². The van der Waals surface area contributed by atoms with E-state index < -0.39 is 20.4 Å². The number of hydrogen-bond donors (Lipinski definition) is 2. The number of esters is 1. The first kappa shape index (κ1) is 14.7. The molecule has 2 N–H and O–H groups in total. The molecule has 0 aromatic carbocycles. The molecule has 2 saturated heterocycles. The normalized spacial score (nSPS) is 29.3. The predicted molar refractivity (Wildman–Crippen MR) is 88.9 cm³/mol. The zero-order valence-electron chi connectivity index (χ0n) is 11.0. The third-order valence-corrected chi connectivity index (χ3v) is 11.0. The van der Waals surface area contributed by atoms with E-state index in [1.54, 1.807) is 0 Å². The zero-order chi connectivity index (χ0) is 13.5. The van der Waals surface area contributed by atoms with Crippen molar-refractivity contribution < 1.29 is 14.3 Å². The second kappa shape index (κ2) is 5.90. The summed E-state index contributed by atoms with van der Waals surface area (Å²) in [4.78, 5) is 12.2. The number of hydrogen-bond acceptors (Lipinski definition) is 5. The third-order valence-electron chi connectivity index (χ3n) is 3.84. The van der Waals surface area contributed by atoms with Gasteiger partial charge in [0.15, 0.2) is 0 Å². The molecular formula is C12H20I2N2O3. The summed E-state index contributed by atoms with van der Waals surface area (Å²) >= 11 is 1.12. The van der Waals surface area contributed by atoms with Crippen LogP contribution in [0.2, 0.25) is 0 Å². The minimum absolute atomic E-state index is 0.00903. The molecule has 3 aliphatic rings. The van der Waals surface area contributed by atoms with Crippen LogP contribution in [0.1, 0.15) is 39.0 Å². The fraction of sp³-hybridized carbons (Fsp3) is 0.917. The Morgan fingerprint density at radius 3 is 2.58 bits per heavy atom. The van der Waals surface area contributed by atoms with Gasteiger partial charge in [-0.1, -0.05) is 0 Å². The van der Waals surface area contributed by atoms with Crippen molar-refractivity contribution in [2.75, 3.05) is 6.61 Å². The van der Waals surface area contributed by atoms with Gasteiger partial charge in [-0.2, -0.15) is 0 Å². The van der Waals surface area contributed by atoms with Crippen molar-refractivity contribution in [3.63, 3.8) is 0 Å². The minimum atomic E-state index is -1.08. The van der Waals surface area contributed by atoms with Crippen molar-refractivity contribution in [2.45, 2.75) is 52.9 Å². The molecule has 2 aliphatic heterocycles. The van der Waals surface area contributed by atoms with Gasteiger partial charge in [0.1, 0.15) is 0 Å². The Bertz CT molecular complexity index is 357. The zero-order valence-corrected chi connectivity index (χ0v) is 15.3. The van der Waals surface area contributed by atoms with E-state index in [-0.39, 0.29) is 19.9 Å². The van der Waals surface area contributed by atoms with Crippen molar-refractivity contribution in [2.24, 2.45) is 5.92 Å². The molecule has 110 valence electrons. The number of carbonyl (C=O) groups excluding carboxylic acids is 1. The number of fused-ring (bicyclic) bond motifs is 1. The molecule has 2 unspecified atom stereocenters. The number of ether oxygens (including phenoxy) is 2. The molecule has 3 fully saturated rings. The first-order valence-electron chi connectivity index (χ1n) is 6.89. The molecule has 3 rings (SSSR count). The van der Waals surface area contributed by atoms with Gasteiger partial charge in [0.2, 0.25) is 0 Å². The second-order valence-electron chi connectivity index (χ2n) is 5.21. The van der Waals surface area contributed by atoms with Crippen LogP contribution >= 0.6 is 43.0 Å². The molecule has 0 aromatic rings. The van der Waals surface area contributed by atoms with Crippen LogP contribution in [0.4, 0.5) is 0 Å². The SMILES string of the molecule is CCOC(OC(=O)C(I)C12NI1N2)C1CCCCC1. The van der Waals surface area contributed by atoms with Crippen LogP contribution < -0.4 is 7.06 Å². The van der Waals surface area contributed by atoms with Crippen molar-refractivity contribution >= 4 is 48.9 Å². The van der Waals surface area contributed by atoms with E-state index in [1.165, 1.54) is 19.3 Å². The van der Waals surface area contributed by atoms with Crippen molar-refractivity contribution in [3.8, 4) is 0 Å². The molecule has 0 spiro atoms. The van der Waals surface area contributed by atoms with Crippen molar-refractivity contribution in [1.82, 2.24) is 7.06 Å². The molecule has 1 aliphatic carbocycles. The summed E-state index contributed by atoms with van der Waals surface area (Å²) in [5, 5.41) is 0. The number of halogens is 2. The predicted octanol–water partition coefficient (Wildman–Crippen LogP) is 2.47. The van der Waals surface area contributed by atoms with Gasteiger partial charge in [-0.25, -0.2) is 0 Å². The topological polar surface area (TPSA) is 79.4 Å². The molecule has 2 atom stereocenters. The average molecular weight is 494 g/mol. The van der Waals surface area contributed by atoms with Gasteiger partial charge in [-0.05, 0) is 0 Å². The van der Waals surface area contributed by atoms with Gasteiger partial charge < -0.3 is 0 Å². The molecule has 2 heterocycles. The molecule has 0 radical (unpaired) electrons. The third kappa shape index (κ3) is 3.04. The summed E-state index contributed by atoms with van der Waals surface area (Å²) in [6.45, 7) is 2.55. The summed E-state index contributed by atoms with van der Waals surface area (Å²) in [5.74, 6) is 0.259. The Labute approximate surface area is 135 Å². The van der Waals surface area contributed by atoms with Crippen LogP contribution in [0.5, 0.6) is 0 Å². The Morgan fingerprint density at radius 1 is 1.42 bits per heavy atom. The van der Waals surface area contributed by atoms with Gasteiger partial charge in [-0.15, -0.1) is 0 Å². The fourth-order valence-electron chi connectivity index (χ4n) is 2.60. The Balaban J connectivity index is 1.55. The summed E-state index contributed by atoms with van der Waals surface area (Å²) in [6, 6.07) is 0. The van der Waals surface area contributed by atoms with E-state index in [9.17, 15) is 4.79 Å².